The number of carboxylic acids is 1. The summed E-state index contributed by atoms with van der Waals surface area (Å²) in [5, 5.41) is 14.6. The molecule has 0 radical (unpaired) electrons. The third-order valence-electron chi connectivity index (χ3n) is 4.56. The van der Waals surface area contributed by atoms with Crippen molar-refractivity contribution in [3.8, 4) is 11.5 Å². The zero-order valence-corrected chi connectivity index (χ0v) is 14.7. The number of ether oxygens (including phenoxy) is 1. The molecule has 1 saturated carbocycles. The zero-order valence-electron chi connectivity index (χ0n) is 14.7. The van der Waals surface area contributed by atoms with Crippen LogP contribution >= 0.6 is 0 Å². The highest BCUT2D eigenvalue weighted by Gasteiger charge is 2.26. The van der Waals surface area contributed by atoms with Gasteiger partial charge in [0.25, 0.3) is 0 Å². The van der Waals surface area contributed by atoms with E-state index in [9.17, 15) is 14.0 Å². The van der Waals surface area contributed by atoms with E-state index in [0.717, 1.165) is 0 Å². The van der Waals surface area contributed by atoms with E-state index in [1.165, 1.54) is 12.1 Å². The lowest BCUT2D eigenvalue weighted by Crippen LogP contribution is -2.40. The Morgan fingerprint density at radius 1 is 1.00 bits per heavy atom. The number of hydrogen-bond donors (Lipinski definition) is 3. The van der Waals surface area contributed by atoms with E-state index in [0.29, 0.717) is 42.9 Å². The monoisotopic (exact) mass is 372 g/mol. The SMILES string of the molecule is O=C(Nc1ccc(Oc2cccc(F)c2)cc1)NC1CCC(C(=O)O)CC1. The fourth-order valence-electron chi connectivity index (χ4n) is 3.11. The van der Waals surface area contributed by atoms with E-state index in [1.807, 2.05) is 0 Å². The van der Waals surface area contributed by atoms with Gasteiger partial charge in [0, 0.05) is 17.8 Å². The van der Waals surface area contributed by atoms with Crippen LogP contribution < -0.4 is 15.4 Å². The molecule has 1 fully saturated rings. The van der Waals surface area contributed by atoms with Crippen LogP contribution in [0.25, 0.3) is 0 Å². The van der Waals surface area contributed by atoms with Gasteiger partial charge in [-0.2, -0.15) is 0 Å². The van der Waals surface area contributed by atoms with Gasteiger partial charge in [0.1, 0.15) is 17.3 Å². The van der Waals surface area contributed by atoms with E-state index >= 15 is 0 Å². The Kier molecular flexibility index (Phi) is 5.90. The Balaban J connectivity index is 1.48. The third kappa shape index (κ3) is 5.44. The minimum atomic E-state index is -0.765. The van der Waals surface area contributed by atoms with Crippen molar-refractivity contribution in [2.45, 2.75) is 31.7 Å². The second-order valence-corrected chi connectivity index (χ2v) is 6.57. The molecule has 0 aliphatic heterocycles. The molecule has 2 amide bonds. The van der Waals surface area contributed by atoms with Gasteiger partial charge in [-0.05, 0) is 62.1 Å². The number of halogens is 1. The van der Waals surface area contributed by atoms with Crippen LogP contribution in [-0.4, -0.2) is 23.1 Å². The number of hydrogen-bond acceptors (Lipinski definition) is 3. The van der Waals surface area contributed by atoms with Crippen molar-refractivity contribution in [2.75, 3.05) is 5.32 Å². The summed E-state index contributed by atoms with van der Waals surface area (Å²) in [5.74, 6) is -0.529. The number of anilines is 1. The van der Waals surface area contributed by atoms with Crippen molar-refractivity contribution >= 4 is 17.7 Å². The van der Waals surface area contributed by atoms with E-state index in [1.54, 1.807) is 36.4 Å². The normalized spacial score (nSPS) is 19.1. The topological polar surface area (TPSA) is 87.7 Å². The first-order valence-corrected chi connectivity index (χ1v) is 8.83. The Labute approximate surface area is 156 Å². The van der Waals surface area contributed by atoms with Gasteiger partial charge in [0.15, 0.2) is 0 Å². The first-order chi connectivity index (χ1) is 13.0. The fraction of sp³-hybridized carbons (Fsp3) is 0.300. The van der Waals surface area contributed by atoms with Crippen molar-refractivity contribution in [1.29, 1.82) is 0 Å². The molecular weight excluding hydrogens is 351 g/mol. The van der Waals surface area contributed by atoms with Crippen LogP contribution in [0.2, 0.25) is 0 Å². The van der Waals surface area contributed by atoms with Crippen LogP contribution in [-0.2, 0) is 4.79 Å². The molecule has 0 heterocycles. The molecule has 142 valence electrons. The second kappa shape index (κ2) is 8.53. The van der Waals surface area contributed by atoms with Crippen molar-refractivity contribution in [1.82, 2.24) is 5.32 Å². The molecule has 2 aromatic rings. The van der Waals surface area contributed by atoms with Gasteiger partial charge >= 0.3 is 12.0 Å². The Bertz CT molecular complexity index is 802. The van der Waals surface area contributed by atoms with Crippen molar-refractivity contribution in [2.24, 2.45) is 5.92 Å². The zero-order chi connectivity index (χ0) is 19.2. The summed E-state index contributed by atoms with van der Waals surface area (Å²) in [5.41, 5.74) is 0.596. The predicted octanol–water partition coefficient (Wildman–Crippen LogP) is 4.38. The number of urea groups is 1. The van der Waals surface area contributed by atoms with Gasteiger partial charge in [-0.15, -0.1) is 0 Å². The molecule has 0 spiro atoms. The standard InChI is InChI=1S/C20H21FN2O4/c21-14-2-1-3-18(12-14)27-17-10-8-16(9-11-17)23-20(26)22-15-6-4-13(5-7-15)19(24)25/h1-3,8-13,15H,4-7H2,(H,24,25)(H2,22,23,26). The quantitative estimate of drug-likeness (QED) is 0.727. The number of carboxylic acid groups (broad SMARTS) is 1. The summed E-state index contributed by atoms with van der Waals surface area (Å²) in [6.07, 6.45) is 2.47. The van der Waals surface area contributed by atoms with Gasteiger partial charge in [-0.25, -0.2) is 9.18 Å². The summed E-state index contributed by atoms with van der Waals surface area (Å²) in [6.45, 7) is 0. The lowest BCUT2D eigenvalue weighted by Gasteiger charge is -2.26. The Morgan fingerprint density at radius 3 is 2.33 bits per heavy atom. The molecule has 0 bridgehead atoms. The molecule has 6 nitrogen and oxygen atoms in total. The lowest BCUT2D eigenvalue weighted by molar-refractivity contribution is -0.142. The maximum Gasteiger partial charge on any atom is 0.319 e. The third-order valence-corrected chi connectivity index (χ3v) is 4.56. The minimum absolute atomic E-state index is 0.0174. The van der Waals surface area contributed by atoms with Gasteiger partial charge in [-0.3, -0.25) is 4.79 Å². The van der Waals surface area contributed by atoms with Crippen molar-refractivity contribution in [3.05, 3.63) is 54.3 Å². The number of rotatable bonds is 5. The summed E-state index contributed by atoms with van der Waals surface area (Å²) in [7, 11) is 0. The van der Waals surface area contributed by atoms with Gasteiger partial charge < -0.3 is 20.5 Å². The minimum Gasteiger partial charge on any atom is -0.481 e. The van der Waals surface area contributed by atoms with Crippen LogP contribution in [0, 0.1) is 11.7 Å². The van der Waals surface area contributed by atoms with E-state index in [-0.39, 0.29) is 23.8 Å². The molecule has 0 aromatic heterocycles. The average molecular weight is 372 g/mol. The number of carbonyl (C=O) groups is 2. The summed E-state index contributed by atoms with van der Waals surface area (Å²) >= 11 is 0. The van der Waals surface area contributed by atoms with Crippen molar-refractivity contribution in [3.63, 3.8) is 0 Å². The molecule has 1 aliphatic rings. The summed E-state index contributed by atoms with van der Waals surface area (Å²) in [6, 6.07) is 12.2. The molecular formula is C20H21FN2O4. The van der Waals surface area contributed by atoms with E-state index in [4.69, 9.17) is 9.84 Å². The molecule has 0 atom stereocenters. The number of carbonyl (C=O) groups excluding carboxylic acids is 1. The van der Waals surface area contributed by atoms with E-state index in [2.05, 4.69) is 10.6 Å². The molecule has 2 aromatic carbocycles. The highest BCUT2D eigenvalue weighted by atomic mass is 19.1. The van der Waals surface area contributed by atoms with Crippen LogP contribution in [0.3, 0.4) is 0 Å². The number of benzene rings is 2. The Morgan fingerprint density at radius 2 is 1.70 bits per heavy atom. The predicted molar refractivity (Wildman–Crippen MR) is 98.5 cm³/mol. The van der Waals surface area contributed by atoms with Crippen LogP contribution in [0.1, 0.15) is 25.7 Å². The smallest absolute Gasteiger partial charge is 0.319 e. The number of aliphatic carboxylic acids is 1. The summed E-state index contributed by atoms with van der Waals surface area (Å²) in [4.78, 5) is 23.1. The van der Waals surface area contributed by atoms with Crippen LogP contribution in [0.5, 0.6) is 11.5 Å². The second-order valence-electron chi connectivity index (χ2n) is 6.57. The highest BCUT2D eigenvalue weighted by molar-refractivity contribution is 5.89. The summed E-state index contributed by atoms with van der Waals surface area (Å²) < 4.78 is 18.7. The highest BCUT2D eigenvalue weighted by Crippen LogP contribution is 2.25. The molecule has 0 unspecified atom stereocenters. The Hall–Kier alpha value is -3.09. The maximum absolute atomic E-state index is 13.2. The lowest BCUT2D eigenvalue weighted by atomic mass is 9.86. The fourth-order valence-corrected chi connectivity index (χ4v) is 3.11. The average Bonchev–Trinajstić information content (AvgIpc) is 2.64. The maximum atomic E-state index is 13.2. The molecule has 7 heteroatoms. The molecule has 27 heavy (non-hydrogen) atoms. The van der Waals surface area contributed by atoms with E-state index < -0.39 is 5.97 Å². The first kappa shape index (κ1) is 18.7. The van der Waals surface area contributed by atoms with Crippen LogP contribution in [0.4, 0.5) is 14.9 Å². The number of nitrogens with one attached hydrogen (secondary N) is 2. The first-order valence-electron chi connectivity index (χ1n) is 8.83. The number of amides is 2. The van der Waals surface area contributed by atoms with Crippen LogP contribution in [0.15, 0.2) is 48.5 Å². The molecule has 3 rings (SSSR count). The van der Waals surface area contributed by atoms with Gasteiger partial charge in [-0.1, -0.05) is 6.07 Å². The van der Waals surface area contributed by atoms with Gasteiger partial charge in [0.05, 0.1) is 5.92 Å². The molecule has 3 N–H and O–H groups in total. The molecule has 0 saturated heterocycles. The van der Waals surface area contributed by atoms with Crippen molar-refractivity contribution < 1.29 is 23.8 Å². The molecule has 1 aliphatic carbocycles. The van der Waals surface area contributed by atoms with Gasteiger partial charge in [0.2, 0.25) is 0 Å². The largest absolute Gasteiger partial charge is 0.481 e.